The van der Waals surface area contributed by atoms with Crippen LogP contribution in [0, 0.1) is 0 Å². The van der Waals surface area contributed by atoms with E-state index in [4.69, 9.17) is 15.3 Å². The van der Waals surface area contributed by atoms with E-state index in [9.17, 15) is 0 Å². The van der Waals surface area contributed by atoms with Gasteiger partial charge in [-0.1, -0.05) is 6.07 Å². The van der Waals surface area contributed by atoms with Crippen LogP contribution in [0.25, 0.3) is 0 Å². The molecule has 0 fully saturated rings. The first-order valence-electron chi connectivity index (χ1n) is 5.13. The molecule has 0 aliphatic carbocycles. The van der Waals surface area contributed by atoms with E-state index in [1.165, 1.54) is 0 Å². The van der Waals surface area contributed by atoms with Crippen molar-refractivity contribution in [2.24, 2.45) is 10.8 Å². The third-order valence-corrected chi connectivity index (χ3v) is 2.27. The number of hydrogen-bond acceptors (Lipinski definition) is 4. The maximum absolute atomic E-state index is 5.26. The summed E-state index contributed by atoms with van der Waals surface area (Å²) in [5.41, 5.74) is 3.50. The number of guanidine groups is 1. The highest BCUT2D eigenvalue weighted by atomic mass is 16.5. The van der Waals surface area contributed by atoms with E-state index in [2.05, 4.69) is 15.7 Å². The monoisotopic (exact) mass is 238 g/mol. The molecular formula is C11H18N4O2. The van der Waals surface area contributed by atoms with E-state index in [0.29, 0.717) is 24.0 Å². The SMILES string of the molecule is CN=C(NN)NCc1ccc(OC)c(OC)c1. The molecule has 0 saturated carbocycles. The molecule has 0 aliphatic heterocycles. The van der Waals surface area contributed by atoms with Gasteiger partial charge in [0.1, 0.15) is 0 Å². The molecule has 0 spiro atoms. The molecule has 6 heteroatoms. The third kappa shape index (κ3) is 3.53. The first-order valence-corrected chi connectivity index (χ1v) is 5.13. The Balaban J connectivity index is 2.72. The summed E-state index contributed by atoms with van der Waals surface area (Å²) < 4.78 is 10.4. The van der Waals surface area contributed by atoms with E-state index < -0.39 is 0 Å². The average Bonchev–Trinajstić information content (AvgIpc) is 2.39. The Hall–Kier alpha value is -1.95. The molecule has 1 rings (SSSR count). The zero-order valence-corrected chi connectivity index (χ0v) is 10.3. The van der Waals surface area contributed by atoms with Crippen LogP contribution >= 0.6 is 0 Å². The fourth-order valence-corrected chi connectivity index (χ4v) is 1.37. The molecule has 0 unspecified atom stereocenters. The minimum absolute atomic E-state index is 0.528. The summed E-state index contributed by atoms with van der Waals surface area (Å²) in [4.78, 5) is 3.91. The fraction of sp³-hybridized carbons (Fsp3) is 0.364. The van der Waals surface area contributed by atoms with Crippen molar-refractivity contribution < 1.29 is 9.47 Å². The van der Waals surface area contributed by atoms with Gasteiger partial charge in [0.2, 0.25) is 5.96 Å². The number of ether oxygens (including phenoxy) is 2. The largest absolute Gasteiger partial charge is 0.493 e. The molecule has 0 heterocycles. The van der Waals surface area contributed by atoms with Gasteiger partial charge in [0.15, 0.2) is 11.5 Å². The van der Waals surface area contributed by atoms with Crippen molar-refractivity contribution in [3.63, 3.8) is 0 Å². The average molecular weight is 238 g/mol. The number of aliphatic imine (C=N–C) groups is 1. The Bertz CT molecular complexity index is 393. The van der Waals surface area contributed by atoms with Gasteiger partial charge in [-0.25, -0.2) is 5.84 Å². The minimum Gasteiger partial charge on any atom is -0.493 e. The third-order valence-electron chi connectivity index (χ3n) is 2.27. The summed E-state index contributed by atoms with van der Waals surface area (Å²) in [6.45, 7) is 0.594. The molecule has 94 valence electrons. The van der Waals surface area contributed by atoms with Crippen LogP contribution < -0.4 is 26.1 Å². The number of methoxy groups -OCH3 is 2. The summed E-state index contributed by atoms with van der Waals surface area (Å²) in [5.74, 6) is 7.19. The summed E-state index contributed by atoms with van der Waals surface area (Å²) >= 11 is 0. The van der Waals surface area contributed by atoms with Gasteiger partial charge in [0.25, 0.3) is 0 Å². The smallest absolute Gasteiger partial charge is 0.205 e. The molecule has 0 radical (unpaired) electrons. The van der Waals surface area contributed by atoms with Gasteiger partial charge in [-0.15, -0.1) is 0 Å². The van der Waals surface area contributed by atoms with Gasteiger partial charge < -0.3 is 14.8 Å². The summed E-state index contributed by atoms with van der Waals surface area (Å²) in [7, 11) is 4.86. The number of nitrogens with two attached hydrogens (primary N) is 1. The Morgan fingerprint density at radius 3 is 2.53 bits per heavy atom. The first-order chi connectivity index (χ1) is 8.24. The molecule has 6 nitrogen and oxygen atoms in total. The second kappa shape index (κ2) is 6.59. The van der Waals surface area contributed by atoms with E-state index in [-0.39, 0.29) is 0 Å². The van der Waals surface area contributed by atoms with Crippen molar-refractivity contribution in [1.29, 1.82) is 0 Å². The number of hydrogen-bond donors (Lipinski definition) is 3. The van der Waals surface area contributed by atoms with Crippen LogP contribution in [0.15, 0.2) is 23.2 Å². The molecule has 0 atom stereocenters. The lowest BCUT2D eigenvalue weighted by atomic mass is 10.2. The van der Waals surface area contributed by atoms with E-state index in [0.717, 1.165) is 5.56 Å². The van der Waals surface area contributed by atoms with Gasteiger partial charge in [-0.2, -0.15) is 0 Å². The highest BCUT2D eigenvalue weighted by molar-refractivity contribution is 5.78. The molecule has 0 bridgehead atoms. The lowest BCUT2D eigenvalue weighted by Crippen LogP contribution is -2.40. The second-order valence-electron chi connectivity index (χ2n) is 3.26. The highest BCUT2D eigenvalue weighted by Gasteiger charge is 2.04. The van der Waals surface area contributed by atoms with Crippen LogP contribution in [0.2, 0.25) is 0 Å². The van der Waals surface area contributed by atoms with Crippen LogP contribution in [-0.2, 0) is 6.54 Å². The van der Waals surface area contributed by atoms with Crippen molar-refractivity contribution >= 4 is 5.96 Å². The van der Waals surface area contributed by atoms with Crippen molar-refractivity contribution in [3.05, 3.63) is 23.8 Å². The van der Waals surface area contributed by atoms with Crippen molar-refractivity contribution in [2.45, 2.75) is 6.54 Å². The van der Waals surface area contributed by atoms with Crippen LogP contribution in [0.5, 0.6) is 11.5 Å². The van der Waals surface area contributed by atoms with Crippen molar-refractivity contribution in [2.75, 3.05) is 21.3 Å². The molecule has 0 aliphatic rings. The zero-order chi connectivity index (χ0) is 12.7. The number of nitrogens with one attached hydrogen (secondary N) is 2. The van der Waals surface area contributed by atoms with Gasteiger partial charge in [-0.05, 0) is 17.7 Å². The standard InChI is InChI=1S/C11H18N4O2/c1-13-11(15-12)14-7-8-4-5-9(16-2)10(6-8)17-3/h4-6H,7,12H2,1-3H3,(H2,13,14,15). The fourth-order valence-electron chi connectivity index (χ4n) is 1.37. The zero-order valence-electron chi connectivity index (χ0n) is 10.3. The first kappa shape index (κ1) is 13.1. The Morgan fingerprint density at radius 2 is 2.00 bits per heavy atom. The molecule has 1 aromatic rings. The molecule has 4 N–H and O–H groups in total. The topological polar surface area (TPSA) is 80.9 Å². The number of benzene rings is 1. The predicted molar refractivity (Wildman–Crippen MR) is 67.1 cm³/mol. The minimum atomic E-state index is 0.528. The van der Waals surface area contributed by atoms with Gasteiger partial charge in [-0.3, -0.25) is 10.4 Å². The van der Waals surface area contributed by atoms with Gasteiger partial charge in [0.05, 0.1) is 14.2 Å². The van der Waals surface area contributed by atoms with Crippen LogP contribution in [0.1, 0.15) is 5.56 Å². The van der Waals surface area contributed by atoms with Gasteiger partial charge in [0, 0.05) is 13.6 Å². The number of rotatable bonds is 4. The number of nitrogens with zero attached hydrogens (tertiary/aromatic N) is 1. The molecule has 17 heavy (non-hydrogen) atoms. The van der Waals surface area contributed by atoms with E-state index >= 15 is 0 Å². The van der Waals surface area contributed by atoms with Crippen molar-refractivity contribution in [3.8, 4) is 11.5 Å². The summed E-state index contributed by atoms with van der Waals surface area (Å²) in [5, 5.41) is 3.04. The summed E-state index contributed by atoms with van der Waals surface area (Å²) in [6, 6.07) is 5.70. The van der Waals surface area contributed by atoms with Crippen LogP contribution in [0.4, 0.5) is 0 Å². The van der Waals surface area contributed by atoms with Gasteiger partial charge >= 0.3 is 0 Å². The lowest BCUT2D eigenvalue weighted by molar-refractivity contribution is 0.354. The molecular weight excluding hydrogens is 220 g/mol. The lowest BCUT2D eigenvalue weighted by Gasteiger charge is -2.11. The van der Waals surface area contributed by atoms with E-state index in [1.807, 2.05) is 18.2 Å². The van der Waals surface area contributed by atoms with Crippen molar-refractivity contribution in [1.82, 2.24) is 10.7 Å². The van der Waals surface area contributed by atoms with Crippen LogP contribution in [-0.4, -0.2) is 27.2 Å². The van der Waals surface area contributed by atoms with E-state index in [1.54, 1.807) is 21.3 Å². The Kier molecular flexibility index (Phi) is 5.09. The maximum atomic E-state index is 5.26. The summed E-state index contributed by atoms with van der Waals surface area (Å²) in [6.07, 6.45) is 0. The quantitative estimate of drug-likeness (QED) is 0.303. The normalized spacial score (nSPS) is 10.9. The Morgan fingerprint density at radius 1 is 1.29 bits per heavy atom. The number of hydrazine groups is 1. The Labute approximate surface area is 101 Å². The van der Waals surface area contributed by atoms with Crippen LogP contribution in [0.3, 0.4) is 0 Å². The maximum Gasteiger partial charge on any atom is 0.205 e. The predicted octanol–water partition coefficient (Wildman–Crippen LogP) is 0.243. The second-order valence-corrected chi connectivity index (χ2v) is 3.26. The molecule has 0 saturated heterocycles. The molecule has 1 aromatic carbocycles. The molecule has 0 amide bonds. The molecule has 0 aromatic heterocycles. The highest BCUT2D eigenvalue weighted by Crippen LogP contribution is 2.27.